The van der Waals surface area contributed by atoms with Gasteiger partial charge in [0.15, 0.2) is 11.8 Å². The summed E-state index contributed by atoms with van der Waals surface area (Å²) in [5, 5.41) is 13.6. The van der Waals surface area contributed by atoms with E-state index in [1.807, 2.05) is 12.1 Å². The van der Waals surface area contributed by atoms with Crippen LogP contribution in [-0.4, -0.2) is 52.2 Å². The third kappa shape index (κ3) is 8.23. The number of aromatic amines is 1. The number of hydrogen-bond donors (Lipinski definition) is 3. The van der Waals surface area contributed by atoms with Gasteiger partial charge in [-0.15, -0.1) is 24.0 Å². The molecule has 0 aliphatic carbocycles. The van der Waals surface area contributed by atoms with Gasteiger partial charge < -0.3 is 10.6 Å². The van der Waals surface area contributed by atoms with Crippen molar-refractivity contribution >= 4 is 29.9 Å². The molecule has 1 atom stereocenters. The highest BCUT2D eigenvalue weighted by atomic mass is 127. The molecule has 0 spiro atoms. The summed E-state index contributed by atoms with van der Waals surface area (Å²) in [4.78, 5) is 11.4. The molecule has 0 aliphatic rings. The van der Waals surface area contributed by atoms with Crippen LogP contribution in [0.15, 0.2) is 65.9 Å². The molecule has 3 rings (SSSR count). The summed E-state index contributed by atoms with van der Waals surface area (Å²) >= 11 is 0. The molecule has 0 radical (unpaired) electrons. The summed E-state index contributed by atoms with van der Waals surface area (Å²) in [6.45, 7) is 7.60. The average molecular weight is 547 g/mol. The highest BCUT2D eigenvalue weighted by Gasteiger charge is 2.10. The van der Waals surface area contributed by atoms with Gasteiger partial charge in [0.2, 0.25) is 0 Å². The summed E-state index contributed by atoms with van der Waals surface area (Å²) in [6.07, 6.45) is 2.56. The standard InChI is InChI=1S/C24H33N7.HI/c1-4-25-24(26-14-13-19(2)31(3)17-20-9-6-5-7-10-20)27-16-21-11-8-12-22(15-21)23-28-18-29-30-23;/h5-12,15,18-19H,4,13-14,16-17H2,1-3H3,(H2,25,26,27)(H,28,29,30);1H. The molecule has 3 N–H and O–H groups in total. The zero-order valence-corrected chi connectivity index (χ0v) is 21.4. The van der Waals surface area contributed by atoms with Crippen LogP contribution < -0.4 is 10.6 Å². The fraction of sp³-hybridized carbons (Fsp3) is 0.375. The van der Waals surface area contributed by atoms with Gasteiger partial charge in [-0.3, -0.25) is 10.00 Å². The molecule has 1 heterocycles. The first-order valence-corrected chi connectivity index (χ1v) is 10.9. The number of guanidine groups is 1. The highest BCUT2D eigenvalue weighted by Crippen LogP contribution is 2.16. The minimum atomic E-state index is 0. The van der Waals surface area contributed by atoms with Gasteiger partial charge in [0.25, 0.3) is 0 Å². The first-order valence-electron chi connectivity index (χ1n) is 10.9. The number of aliphatic imine (C=N–C) groups is 1. The van der Waals surface area contributed by atoms with E-state index in [0.29, 0.717) is 12.6 Å². The van der Waals surface area contributed by atoms with Crippen molar-refractivity contribution in [2.75, 3.05) is 20.1 Å². The van der Waals surface area contributed by atoms with Crippen LogP contribution in [0.4, 0.5) is 0 Å². The van der Waals surface area contributed by atoms with E-state index in [1.165, 1.54) is 11.9 Å². The minimum absolute atomic E-state index is 0. The first-order chi connectivity index (χ1) is 15.2. The highest BCUT2D eigenvalue weighted by molar-refractivity contribution is 14.0. The Morgan fingerprint density at radius 3 is 2.59 bits per heavy atom. The molecule has 172 valence electrons. The van der Waals surface area contributed by atoms with E-state index < -0.39 is 0 Å². The fourth-order valence-corrected chi connectivity index (χ4v) is 3.32. The van der Waals surface area contributed by atoms with Gasteiger partial charge in [0, 0.05) is 31.2 Å². The zero-order chi connectivity index (χ0) is 21.9. The third-order valence-electron chi connectivity index (χ3n) is 5.26. The quantitative estimate of drug-likeness (QED) is 0.203. The van der Waals surface area contributed by atoms with E-state index >= 15 is 0 Å². The molecular weight excluding hydrogens is 513 g/mol. The van der Waals surface area contributed by atoms with Crippen LogP contribution in [0, 0.1) is 0 Å². The topological polar surface area (TPSA) is 81.2 Å². The number of halogens is 1. The Morgan fingerprint density at radius 2 is 1.88 bits per heavy atom. The monoisotopic (exact) mass is 547 g/mol. The Labute approximate surface area is 208 Å². The Morgan fingerprint density at radius 1 is 1.09 bits per heavy atom. The van der Waals surface area contributed by atoms with Crippen LogP contribution in [-0.2, 0) is 13.1 Å². The van der Waals surface area contributed by atoms with Gasteiger partial charge in [0.1, 0.15) is 6.33 Å². The largest absolute Gasteiger partial charge is 0.357 e. The Bertz CT molecular complexity index is 929. The SMILES string of the molecule is CCNC(=NCc1cccc(-c2ncn[nH]2)c1)NCCC(C)N(C)Cc1ccccc1.I. The van der Waals surface area contributed by atoms with E-state index in [1.54, 1.807) is 0 Å². The fourth-order valence-electron chi connectivity index (χ4n) is 3.32. The molecule has 0 amide bonds. The summed E-state index contributed by atoms with van der Waals surface area (Å²) in [7, 11) is 2.18. The van der Waals surface area contributed by atoms with Crippen molar-refractivity contribution in [3.8, 4) is 11.4 Å². The second kappa shape index (κ2) is 13.8. The molecular formula is C24H34IN7. The predicted molar refractivity (Wildman–Crippen MR) is 142 cm³/mol. The summed E-state index contributed by atoms with van der Waals surface area (Å²) in [5.74, 6) is 1.61. The lowest BCUT2D eigenvalue weighted by atomic mass is 10.1. The third-order valence-corrected chi connectivity index (χ3v) is 5.26. The number of hydrogen-bond acceptors (Lipinski definition) is 4. The molecule has 1 aromatic heterocycles. The molecule has 8 heteroatoms. The van der Waals surface area contributed by atoms with E-state index in [2.05, 4.69) is 94.1 Å². The van der Waals surface area contributed by atoms with E-state index in [4.69, 9.17) is 4.99 Å². The number of H-pyrrole nitrogens is 1. The molecule has 0 fully saturated rings. The van der Waals surface area contributed by atoms with Crippen LogP contribution >= 0.6 is 24.0 Å². The van der Waals surface area contributed by atoms with Gasteiger partial charge in [0.05, 0.1) is 6.54 Å². The summed E-state index contributed by atoms with van der Waals surface area (Å²) in [6, 6.07) is 19.3. The maximum absolute atomic E-state index is 4.75. The lowest BCUT2D eigenvalue weighted by Crippen LogP contribution is -2.40. The maximum Gasteiger partial charge on any atom is 0.191 e. The Balaban J connectivity index is 0.00000363. The second-order valence-electron chi connectivity index (χ2n) is 7.69. The molecule has 0 bridgehead atoms. The van der Waals surface area contributed by atoms with Crippen molar-refractivity contribution in [3.63, 3.8) is 0 Å². The molecule has 7 nitrogen and oxygen atoms in total. The zero-order valence-electron chi connectivity index (χ0n) is 19.1. The number of aromatic nitrogens is 3. The van der Waals surface area contributed by atoms with Gasteiger partial charge >= 0.3 is 0 Å². The molecule has 32 heavy (non-hydrogen) atoms. The van der Waals surface area contributed by atoms with Crippen LogP contribution in [0.3, 0.4) is 0 Å². The Hall–Kier alpha value is -2.46. The van der Waals surface area contributed by atoms with Crippen LogP contribution in [0.5, 0.6) is 0 Å². The minimum Gasteiger partial charge on any atom is -0.357 e. The van der Waals surface area contributed by atoms with Crippen molar-refractivity contribution in [2.45, 2.75) is 39.4 Å². The molecule has 0 saturated carbocycles. The van der Waals surface area contributed by atoms with E-state index in [0.717, 1.165) is 49.0 Å². The molecule has 0 aliphatic heterocycles. The van der Waals surface area contributed by atoms with E-state index in [9.17, 15) is 0 Å². The predicted octanol–water partition coefficient (Wildman–Crippen LogP) is 4.06. The number of benzene rings is 2. The summed E-state index contributed by atoms with van der Waals surface area (Å²) in [5.41, 5.74) is 3.48. The van der Waals surface area contributed by atoms with Crippen molar-refractivity contribution in [2.24, 2.45) is 4.99 Å². The van der Waals surface area contributed by atoms with Gasteiger partial charge in [-0.1, -0.05) is 48.5 Å². The molecule has 2 aromatic carbocycles. The number of nitrogens with one attached hydrogen (secondary N) is 3. The summed E-state index contributed by atoms with van der Waals surface area (Å²) < 4.78 is 0. The lowest BCUT2D eigenvalue weighted by Gasteiger charge is -2.25. The van der Waals surface area contributed by atoms with Crippen molar-refractivity contribution in [1.82, 2.24) is 30.7 Å². The lowest BCUT2D eigenvalue weighted by molar-refractivity contribution is 0.238. The van der Waals surface area contributed by atoms with E-state index in [-0.39, 0.29) is 24.0 Å². The number of nitrogens with zero attached hydrogens (tertiary/aromatic N) is 4. The molecule has 0 saturated heterocycles. The van der Waals surface area contributed by atoms with Crippen LogP contribution in [0.2, 0.25) is 0 Å². The van der Waals surface area contributed by atoms with Gasteiger partial charge in [-0.05, 0) is 44.5 Å². The van der Waals surface area contributed by atoms with Crippen molar-refractivity contribution in [1.29, 1.82) is 0 Å². The van der Waals surface area contributed by atoms with Crippen molar-refractivity contribution in [3.05, 3.63) is 72.1 Å². The Kier molecular flexibility index (Phi) is 11.2. The van der Waals surface area contributed by atoms with Crippen LogP contribution in [0.25, 0.3) is 11.4 Å². The maximum atomic E-state index is 4.75. The van der Waals surface area contributed by atoms with Crippen molar-refractivity contribution < 1.29 is 0 Å². The normalized spacial score (nSPS) is 12.3. The smallest absolute Gasteiger partial charge is 0.191 e. The average Bonchev–Trinajstić information content (AvgIpc) is 3.33. The molecule has 3 aromatic rings. The van der Waals surface area contributed by atoms with Gasteiger partial charge in [-0.25, -0.2) is 9.98 Å². The second-order valence-corrected chi connectivity index (χ2v) is 7.69. The van der Waals surface area contributed by atoms with Crippen LogP contribution in [0.1, 0.15) is 31.4 Å². The molecule has 1 unspecified atom stereocenters. The number of rotatable bonds is 10. The first kappa shape index (κ1) is 25.8. The van der Waals surface area contributed by atoms with Gasteiger partial charge in [-0.2, -0.15) is 5.10 Å².